The van der Waals surface area contributed by atoms with E-state index >= 15 is 0 Å². The number of carbonyl (C=O) groups is 2. The molecule has 1 aliphatic carbocycles. The number of hydrogen-bond acceptors (Lipinski definition) is 7. The van der Waals surface area contributed by atoms with Gasteiger partial charge in [0, 0.05) is 36.4 Å². The van der Waals surface area contributed by atoms with E-state index in [2.05, 4.69) is 15.0 Å². The van der Waals surface area contributed by atoms with Crippen LogP contribution in [0.2, 0.25) is 0 Å². The Morgan fingerprint density at radius 2 is 2.20 bits per heavy atom. The number of pyridine rings is 1. The second-order valence-corrected chi connectivity index (χ2v) is 7.56. The van der Waals surface area contributed by atoms with E-state index in [9.17, 15) is 9.59 Å². The lowest BCUT2D eigenvalue weighted by Crippen LogP contribution is -2.29. The zero-order valence-corrected chi connectivity index (χ0v) is 16.7. The van der Waals surface area contributed by atoms with E-state index in [1.165, 1.54) is 6.42 Å². The average Bonchev–Trinajstić information content (AvgIpc) is 3.30. The molecule has 1 saturated heterocycles. The Balaban J connectivity index is 1.63. The highest BCUT2D eigenvalue weighted by molar-refractivity contribution is 6.27. The standard InChI is InChI=1S/C22H25N3O5/c26-10-5-11-29-22(28)18-19(27)17(30-21(18)25-15-6-2-1-3-7-15)12-14-13-24-20-16(14)8-4-9-23-20/h4,8-9,12-13,15,18,26H,1-3,5-7,10-11H2,(H,23,24)/b17-12-,25-21?. The van der Waals surface area contributed by atoms with E-state index in [1.807, 2.05) is 12.1 Å². The zero-order valence-electron chi connectivity index (χ0n) is 16.7. The van der Waals surface area contributed by atoms with Crippen molar-refractivity contribution in [1.29, 1.82) is 0 Å². The lowest BCUT2D eigenvalue weighted by atomic mass is 9.95. The van der Waals surface area contributed by atoms with E-state index in [0.29, 0.717) is 12.1 Å². The van der Waals surface area contributed by atoms with Crippen molar-refractivity contribution in [2.45, 2.75) is 44.6 Å². The summed E-state index contributed by atoms with van der Waals surface area (Å²) in [6.07, 6.45) is 10.5. The van der Waals surface area contributed by atoms with Crippen molar-refractivity contribution in [3.8, 4) is 0 Å². The average molecular weight is 411 g/mol. The number of nitrogens with one attached hydrogen (secondary N) is 1. The molecule has 8 nitrogen and oxygen atoms in total. The number of ketones is 1. The van der Waals surface area contributed by atoms with Crippen LogP contribution in [-0.4, -0.2) is 52.0 Å². The Hall–Kier alpha value is -3.00. The van der Waals surface area contributed by atoms with Gasteiger partial charge in [0.2, 0.25) is 11.7 Å². The predicted octanol–water partition coefficient (Wildman–Crippen LogP) is 2.78. The Morgan fingerprint density at radius 1 is 1.37 bits per heavy atom. The molecule has 158 valence electrons. The van der Waals surface area contributed by atoms with E-state index in [-0.39, 0.29) is 30.9 Å². The molecule has 3 heterocycles. The molecular weight excluding hydrogens is 386 g/mol. The fourth-order valence-corrected chi connectivity index (χ4v) is 3.83. The van der Waals surface area contributed by atoms with Crippen LogP contribution >= 0.6 is 0 Å². The number of aliphatic imine (C=N–C) groups is 1. The first kappa shape index (κ1) is 20.3. The Labute approximate surface area is 174 Å². The monoisotopic (exact) mass is 411 g/mol. The van der Waals surface area contributed by atoms with Gasteiger partial charge < -0.3 is 19.6 Å². The van der Waals surface area contributed by atoms with Crippen LogP contribution in [0.5, 0.6) is 0 Å². The van der Waals surface area contributed by atoms with Crippen molar-refractivity contribution in [3.05, 3.63) is 35.8 Å². The highest BCUT2D eigenvalue weighted by Crippen LogP contribution is 2.29. The number of hydrogen-bond donors (Lipinski definition) is 2. The summed E-state index contributed by atoms with van der Waals surface area (Å²) in [7, 11) is 0. The van der Waals surface area contributed by atoms with Crippen LogP contribution in [-0.2, 0) is 19.1 Å². The Kier molecular flexibility index (Phi) is 6.23. The lowest BCUT2D eigenvalue weighted by Gasteiger charge is -2.18. The maximum Gasteiger partial charge on any atom is 0.326 e. The van der Waals surface area contributed by atoms with E-state index in [0.717, 1.165) is 36.6 Å². The van der Waals surface area contributed by atoms with Crippen LogP contribution in [0.3, 0.4) is 0 Å². The number of allylic oxidation sites excluding steroid dienone is 1. The van der Waals surface area contributed by atoms with Crippen molar-refractivity contribution in [2.24, 2.45) is 10.9 Å². The minimum absolute atomic E-state index is 0.0446. The molecule has 0 radical (unpaired) electrons. The van der Waals surface area contributed by atoms with E-state index < -0.39 is 17.7 Å². The molecule has 2 aliphatic rings. The van der Waals surface area contributed by atoms with Crippen LogP contribution in [0.15, 0.2) is 35.3 Å². The number of Topliss-reactive ketones (excluding diaryl/α,β-unsaturated/α-hetero) is 1. The first-order valence-electron chi connectivity index (χ1n) is 10.4. The molecule has 0 bridgehead atoms. The Morgan fingerprint density at radius 3 is 3.00 bits per heavy atom. The van der Waals surface area contributed by atoms with Gasteiger partial charge in [0.15, 0.2) is 11.7 Å². The van der Waals surface area contributed by atoms with Gasteiger partial charge in [-0.2, -0.15) is 0 Å². The number of fused-ring (bicyclic) bond motifs is 1. The molecule has 1 atom stereocenters. The number of rotatable bonds is 6. The normalized spacial score (nSPS) is 22.7. The maximum atomic E-state index is 13.0. The molecule has 2 aromatic rings. The molecule has 1 aliphatic heterocycles. The van der Waals surface area contributed by atoms with Gasteiger partial charge in [-0.05, 0) is 31.1 Å². The molecule has 8 heteroatoms. The molecule has 0 amide bonds. The summed E-state index contributed by atoms with van der Waals surface area (Å²) in [5.74, 6) is -2.16. The smallest absolute Gasteiger partial charge is 0.326 e. The molecule has 2 aromatic heterocycles. The second kappa shape index (κ2) is 9.21. The number of ether oxygens (including phenoxy) is 2. The number of nitrogens with zero attached hydrogens (tertiary/aromatic N) is 2. The minimum atomic E-state index is -1.19. The minimum Gasteiger partial charge on any atom is -0.465 e. The summed E-state index contributed by atoms with van der Waals surface area (Å²) in [6, 6.07) is 3.75. The van der Waals surface area contributed by atoms with Gasteiger partial charge in [0.05, 0.1) is 12.6 Å². The van der Waals surface area contributed by atoms with Crippen molar-refractivity contribution in [1.82, 2.24) is 9.97 Å². The fraction of sp³-hybridized carbons (Fsp3) is 0.455. The van der Waals surface area contributed by atoms with E-state index in [1.54, 1.807) is 18.5 Å². The third-order valence-electron chi connectivity index (χ3n) is 5.40. The predicted molar refractivity (Wildman–Crippen MR) is 111 cm³/mol. The number of esters is 1. The number of aromatic amines is 1. The summed E-state index contributed by atoms with van der Waals surface area (Å²) in [6.45, 7) is -0.0475. The highest BCUT2D eigenvalue weighted by Gasteiger charge is 2.45. The van der Waals surface area contributed by atoms with Gasteiger partial charge in [-0.15, -0.1) is 0 Å². The van der Waals surface area contributed by atoms with Crippen LogP contribution in [0.4, 0.5) is 0 Å². The summed E-state index contributed by atoms with van der Waals surface area (Å²) in [4.78, 5) is 37.6. The first-order chi connectivity index (χ1) is 14.7. The maximum absolute atomic E-state index is 13.0. The van der Waals surface area contributed by atoms with Crippen molar-refractivity contribution in [2.75, 3.05) is 13.2 Å². The highest BCUT2D eigenvalue weighted by atomic mass is 16.5. The number of aromatic nitrogens is 2. The van der Waals surface area contributed by atoms with Gasteiger partial charge in [0.25, 0.3) is 0 Å². The van der Waals surface area contributed by atoms with Crippen LogP contribution < -0.4 is 0 Å². The van der Waals surface area contributed by atoms with Gasteiger partial charge in [-0.3, -0.25) is 14.6 Å². The number of carbonyl (C=O) groups excluding carboxylic acids is 2. The summed E-state index contributed by atoms with van der Waals surface area (Å²) >= 11 is 0. The van der Waals surface area contributed by atoms with Crippen LogP contribution in [0.1, 0.15) is 44.1 Å². The van der Waals surface area contributed by atoms with Gasteiger partial charge >= 0.3 is 5.97 Å². The van der Waals surface area contributed by atoms with Crippen LogP contribution in [0, 0.1) is 5.92 Å². The molecular formula is C22H25N3O5. The van der Waals surface area contributed by atoms with E-state index in [4.69, 9.17) is 14.6 Å². The quantitative estimate of drug-likeness (QED) is 0.327. The molecule has 1 saturated carbocycles. The molecule has 1 unspecified atom stereocenters. The molecule has 4 rings (SSSR count). The zero-order chi connectivity index (χ0) is 20.9. The Bertz CT molecular complexity index is 988. The summed E-state index contributed by atoms with van der Waals surface area (Å²) < 4.78 is 11.0. The number of aliphatic hydroxyl groups excluding tert-OH is 1. The third kappa shape index (κ3) is 4.28. The van der Waals surface area contributed by atoms with Gasteiger partial charge in [-0.25, -0.2) is 4.98 Å². The fourth-order valence-electron chi connectivity index (χ4n) is 3.83. The van der Waals surface area contributed by atoms with Crippen molar-refractivity contribution in [3.63, 3.8) is 0 Å². The summed E-state index contributed by atoms with van der Waals surface area (Å²) in [5.41, 5.74) is 1.44. The third-order valence-corrected chi connectivity index (χ3v) is 5.40. The van der Waals surface area contributed by atoms with Crippen molar-refractivity contribution < 1.29 is 24.2 Å². The first-order valence-corrected chi connectivity index (χ1v) is 10.4. The second-order valence-electron chi connectivity index (χ2n) is 7.56. The largest absolute Gasteiger partial charge is 0.465 e. The SMILES string of the molecule is O=C(OCCCO)C1C(=O)/C(=C/c2c[nH]c3ncccc23)OC1=NC1CCCCC1. The molecule has 2 N–H and O–H groups in total. The molecule has 0 aromatic carbocycles. The lowest BCUT2D eigenvalue weighted by molar-refractivity contribution is -0.148. The number of aliphatic hydroxyl groups is 1. The van der Waals surface area contributed by atoms with Crippen LogP contribution in [0.25, 0.3) is 17.1 Å². The topological polar surface area (TPSA) is 114 Å². The molecule has 0 spiro atoms. The van der Waals surface area contributed by atoms with Gasteiger partial charge in [-0.1, -0.05) is 19.3 Å². The molecule has 2 fully saturated rings. The van der Waals surface area contributed by atoms with Gasteiger partial charge in [0.1, 0.15) is 5.65 Å². The summed E-state index contributed by atoms with van der Waals surface area (Å²) in [5, 5.41) is 9.76. The number of H-pyrrole nitrogens is 1. The van der Waals surface area contributed by atoms with Crippen molar-refractivity contribution >= 4 is 34.8 Å². The molecule has 30 heavy (non-hydrogen) atoms.